The van der Waals surface area contributed by atoms with E-state index < -0.39 is 0 Å². The molecule has 4 rings (SSSR count). The molecule has 8 heteroatoms. The zero-order valence-corrected chi connectivity index (χ0v) is 16.7. The highest BCUT2D eigenvalue weighted by Crippen LogP contribution is 2.22. The summed E-state index contributed by atoms with van der Waals surface area (Å²) in [5.74, 6) is 0.411. The predicted octanol–water partition coefficient (Wildman–Crippen LogP) is 2.73. The van der Waals surface area contributed by atoms with Crippen LogP contribution in [0, 0.1) is 6.92 Å². The molecule has 1 saturated heterocycles. The van der Waals surface area contributed by atoms with E-state index in [1.807, 2.05) is 49.4 Å². The summed E-state index contributed by atoms with van der Waals surface area (Å²) in [4.78, 5) is 42.4. The summed E-state index contributed by atoms with van der Waals surface area (Å²) >= 11 is 1.44. The topological polar surface area (TPSA) is 84.3 Å². The number of hydrogen-bond donors (Lipinski definition) is 1. The van der Waals surface area contributed by atoms with E-state index in [9.17, 15) is 14.4 Å². The fraction of sp³-hybridized carbons (Fsp3) is 0.238. The number of fused-ring (bicyclic) bond motifs is 1. The van der Waals surface area contributed by atoms with Gasteiger partial charge in [-0.1, -0.05) is 41.6 Å². The number of para-hydroxylation sites is 1. The lowest BCUT2D eigenvalue weighted by atomic mass is 10.2. The number of nitrogens with one attached hydrogen (secondary N) is 1. The van der Waals surface area contributed by atoms with Gasteiger partial charge in [0.25, 0.3) is 5.56 Å². The monoisotopic (exact) mass is 408 g/mol. The van der Waals surface area contributed by atoms with Crippen LogP contribution in [-0.2, 0) is 4.79 Å². The minimum atomic E-state index is -0.347. The first-order valence-electron chi connectivity index (χ1n) is 9.34. The van der Waals surface area contributed by atoms with Crippen molar-refractivity contribution in [2.45, 2.75) is 18.5 Å². The Hall–Kier alpha value is -3.13. The quantitative estimate of drug-likeness (QED) is 0.293. The molecule has 1 fully saturated rings. The molecule has 2 heterocycles. The van der Waals surface area contributed by atoms with Crippen LogP contribution in [0.1, 0.15) is 12.0 Å². The van der Waals surface area contributed by atoms with Crippen molar-refractivity contribution in [3.63, 3.8) is 0 Å². The van der Waals surface area contributed by atoms with E-state index in [0.29, 0.717) is 34.8 Å². The molecule has 3 amide bonds. The minimum absolute atomic E-state index is 0.0607. The Bertz CT molecular complexity index is 1120. The Morgan fingerprint density at radius 1 is 1.07 bits per heavy atom. The van der Waals surface area contributed by atoms with Crippen LogP contribution in [0.4, 0.5) is 4.79 Å². The Morgan fingerprint density at radius 2 is 1.83 bits per heavy atom. The minimum Gasteiger partial charge on any atom is -0.329 e. The molecule has 0 spiro atoms. The van der Waals surface area contributed by atoms with Gasteiger partial charge in [-0.15, -0.1) is 0 Å². The molecule has 0 atom stereocenters. The van der Waals surface area contributed by atoms with Gasteiger partial charge in [0, 0.05) is 12.3 Å². The second-order valence-electron chi connectivity index (χ2n) is 6.79. The van der Waals surface area contributed by atoms with E-state index in [1.165, 1.54) is 16.7 Å². The zero-order valence-electron chi connectivity index (χ0n) is 15.9. The maximum absolute atomic E-state index is 13.2. The molecule has 29 heavy (non-hydrogen) atoms. The highest BCUT2D eigenvalue weighted by Gasteiger charge is 2.27. The van der Waals surface area contributed by atoms with Gasteiger partial charge in [0.1, 0.15) is 0 Å². The number of benzene rings is 2. The maximum Gasteiger partial charge on any atom is 0.324 e. The number of rotatable bonds is 6. The Labute approximate surface area is 171 Å². The number of nitrogens with zero attached hydrogens (tertiary/aromatic N) is 3. The fourth-order valence-corrected chi connectivity index (χ4v) is 4.13. The first-order valence-corrected chi connectivity index (χ1v) is 10.3. The first-order chi connectivity index (χ1) is 14.0. The van der Waals surface area contributed by atoms with E-state index in [4.69, 9.17) is 4.98 Å². The molecule has 148 valence electrons. The molecule has 2 aromatic carbocycles. The van der Waals surface area contributed by atoms with Crippen molar-refractivity contribution in [1.82, 2.24) is 19.8 Å². The van der Waals surface area contributed by atoms with Crippen LogP contribution in [0.2, 0.25) is 0 Å². The third kappa shape index (κ3) is 3.88. The number of amides is 3. The lowest BCUT2D eigenvalue weighted by molar-refractivity contribution is -0.124. The number of aromatic nitrogens is 2. The molecule has 0 radical (unpaired) electrons. The number of aryl methyl sites for hydroxylation is 1. The normalized spacial score (nSPS) is 13.9. The second kappa shape index (κ2) is 8.08. The van der Waals surface area contributed by atoms with Crippen LogP contribution in [0.25, 0.3) is 16.6 Å². The van der Waals surface area contributed by atoms with Crippen LogP contribution < -0.4 is 10.9 Å². The van der Waals surface area contributed by atoms with E-state index in [-0.39, 0.29) is 24.0 Å². The van der Waals surface area contributed by atoms with Gasteiger partial charge in [-0.25, -0.2) is 9.78 Å². The summed E-state index contributed by atoms with van der Waals surface area (Å²) < 4.78 is 1.63. The van der Waals surface area contributed by atoms with Crippen molar-refractivity contribution in [3.05, 3.63) is 64.4 Å². The van der Waals surface area contributed by atoms with Crippen molar-refractivity contribution < 1.29 is 9.59 Å². The van der Waals surface area contributed by atoms with Crippen molar-refractivity contribution in [1.29, 1.82) is 0 Å². The SMILES string of the molecule is Cc1ccc(-n2c(SCCCN3C(=O)CNC3=O)nc3ccccc3c2=O)cc1. The van der Waals surface area contributed by atoms with Gasteiger partial charge in [-0.3, -0.25) is 19.1 Å². The Morgan fingerprint density at radius 3 is 2.55 bits per heavy atom. The summed E-state index contributed by atoms with van der Waals surface area (Å²) in [5.41, 5.74) is 2.40. The second-order valence-corrected chi connectivity index (χ2v) is 7.86. The van der Waals surface area contributed by atoms with Gasteiger partial charge in [0.15, 0.2) is 5.16 Å². The van der Waals surface area contributed by atoms with Gasteiger partial charge >= 0.3 is 6.03 Å². The van der Waals surface area contributed by atoms with E-state index in [0.717, 1.165) is 11.3 Å². The van der Waals surface area contributed by atoms with E-state index in [2.05, 4.69) is 5.32 Å². The number of hydrogen-bond acceptors (Lipinski definition) is 5. The summed E-state index contributed by atoms with van der Waals surface area (Å²) in [6, 6.07) is 14.7. The maximum atomic E-state index is 13.2. The average molecular weight is 408 g/mol. The van der Waals surface area contributed by atoms with Crippen LogP contribution in [0.5, 0.6) is 0 Å². The Balaban J connectivity index is 1.61. The molecule has 1 aliphatic heterocycles. The molecule has 3 aromatic rings. The largest absolute Gasteiger partial charge is 0.329 e. The van der Waals surface area contributed by atoms with E-state index in [1.54, 1.807) is 10.6 Å². The average Bonchev–Trinajstić information content (AvgIpc) is 3.04. The van der Waals surface area contributed by atoms with Crippen LogP contribution >= 0.6 is 11.8 Å². The molecule has 7 nitrogen and oxygen atoms in total. The van der Waals surface area contributed by atoms with Gasteiger partial charge in [0.2, 0.25) is 5.91 Å². The number of urea groups is 1. The summed E-state index contributed by atoms with van der Waals surface area (Å²) in [7, 11) is 0. The molecular formula is C21H20N4O3S. The highest BCUT2D eigenvalue weighted by molar-refractivity contribution is 7.99. The van der Waals surface area contributed by atoms with Crippen LogP contribution in [0.3, 0.4) is 0 Å². The molecule has 1 aliphatic rings. The van der Waals surface area contributed by atoms with Gasteiger partial charge in [-0.2, -0.15) is 0 Å². The zero-order chi connectivity index (χ0) is 20.4. The highest BCUT2D eigenvalue weighted by atomic mass is 32.2. The predicted molar refractivity (Wildman–Crippen MR) is 113 cm³/mol. The summed E-state index contributed by atoms with van der Waals surface area (Å²) in [6.45, 7) is 2.40. The van der Waals surface area contributed by atoms with Crippen molar-refractivity contribution in [2.24, 2.45) is 0 Å². The van der Waals surface area contributed by atoms with Gasteiger partial charge in [0.05, 0.1) is 23.1 Å². The molecule has 0 bridgehead atoms. The summed E-state index contributed by atoms with van der Waals surface area (Å²) in [5, 5.41) is 3.67. The molecular weight excluding hydrogens is 388 g/mol. The first kappa shape index (κ1) is 19.2. The lowest BCUT2D eigenvalue weighted by Gasteiger charge is -2.14. The van der Waals surface area contributed by atoms with Gasteiger partial charge < -0.3 is 5.32 Å². The molecule has 1 aromatic heterocycles. The summed E-state index contributed by atoms with van der Waals surface area (Å²) in [6.07, 6.45) is 0.612. The van der Waals surface area contributed by atoms with E-state index >= 15 is 0 Å². The van der Waals surface area contributed by atoms with Crippen molar-refractivity contribution in [2.75, 3.05) is 18.8 Å². The van der Waals surface area contributed by atoms with Crippen LogP contribution in [-0.4, -0.2) is 45.2 Å². The standard InChI is InChI=1S/C21H20N4O3S/c1-14-7-9-15(10-8-14)25-19(27)16-5-2-3-6-17(16)23-21(25)29-12-4-11-24-18(26)13-22-20(24)28/h2-3,5-10H,4,11-13H2,1H3,(H,22,28). The fourth-order valence-electron chi connectivity index (χ4n) is 3.20. The Kier molecular flexibility index (Phi) is 5.35. The van der Waals surface area contributed by atoms with Gasteiger partial charge in [-0.05, 0) is 37.6 Å². The molecule has 0 aliphatic carbocycles. The molecule has 0 unspecified atom stereocenters. The third-order valence-electron chi connectivity index (χ3n) is 4.73. The lowest BCUT2D eigenvalue weighted by Crippen LogP contribution is -2.32. The molecule has 0 saturated carbocycles. The number of carbonyl (C=O) groups excluding carboxylic acids is 2. The smallest absolute Gasteiger partial charge is 0.324 e. The third-order valence-corrected chi connectivity index (χ3v) is 5.76. The number of carbonyl (C=O) groups is 2. The van der Waals surface area contributed by atoms with Crippen LogP contribution in [0.15, 0.2) is 58.5 Å². The van der Waals surface area contributed by atoms with Crippen molar-refractivity contribution in [3.8, 4) is 5.69 Å². The molecule has 1 N–H and O–H groups in total. The number of thioether (sulfide) groups is 1. The number of imide groups is 1. The van der Waals surface area contributed by atoms with Crippen molar-refractivity contribution >= 4 is 34.6 Å².